The highest BCUT2D eigenvalue weighted by atomic mass is 16.5. The fourth-order valence-electron chi connectivity index (χ4n) is 3.24. The third kappa shape index (κ3) is 5.24. The van der Waals surface area contributed by atoms with Crippen molar-refractivity contribution in [3.63, 3.8) is 0 Å². The van der Waals surface area contributed by atoms with Crippen LogP contribution in [-0.2, 0) is 14.3 Å². The molecule has 1 N–H and O–H groups in total. The lowest BCUT2D eigenvalue weighted by Crippen LogP contribution is -2.53. The first kappa shape index (κ1) is 18.4. The quantitative estimate of drug-likeness (QED) is 0.693. The SMILES string of the molecule is COC(=O)C(C)(CCCN(C)C1CCOC1C)NC(C)C. The highest BCUT2D eigenvalue weighted by Gasteiger charge is 2.35. The Morgan fingerprint density at radius 3 is 2.67 bits per heavy atom. The van der Waals surface area contributed by atoms with Gasteiger partial charge in [-0.25, -0.2) is 0 Å². The number of hydrogen-bond donors (Lipinski definition) is 1. The van der Waals surface area contributed by atoms with Crippen LogP contribution in [0.3, 0.4) is 0 Å². The second kappa shape index (κ2) is 8.11. The van der Waals surface area contributed by atoms with Gasteiger partial charge in [-0.1, -0.05) is 0 Å². The molecule has 3 unspecified atom stereocenters. The van der Waals surface area contributed by atoms with Crippen molar-refractivity contribution in [3.8, 4) is 0 Å². The molecule has 1 saturated heterocycles. The first-order valence-electron chi connectivity index (χ1n) is 7.98. The Kier molecular flexibility index (Phi) is 7.10. The van der Waals surface area contributed by atoms with Gasteiger partial charge in [-0.2, -0.15) is 0 Å². The summed E-state index contributed by atoms with van der Waals surface area (Å²) in [6, 6.07) is 0.738. The van der Waals surface area contributed by atoms with Crippen LogP contribution in [0.15, 0.2) is 0 Å². The summed E-state index contributed by atoms with van der Waals surface area (Å²) in [6.45, 7) is 9.97. The molecule has 1 aliphatic rings. The topological polar surface area (TPSA) is 50.8 Å². The largest absolute Gasteiger partial charge is 0.468 e. The smallest absolute Gasteiger partial charge is 0.325 e. The molecule has 3 atom stereocenters. The summed E-state index contributed by atoms with van der Waals surface area (Å²) >= 11 is 0. The number of ether oxygens (including phenoxy) is 2. The number of nitrogens with one attached hydrogen (secondary N) is 1. The van der Waals surface area contributed by atoms with Crippen LogP contribution in [0.4, 0.5) is 0 Å². The standard InChI is InChI=1S/C16H32N2O3/c1-12(2)17-16(4,15(19)20-6)9-7-10-18(5)14-8-11-21-13(14)3/h12-14,17H,7-11H2,1-6H3. The molecular formula is C16H32N2O3. The number of esters is 1. The van der Waals surface area contributed by atoms with E-state index < -0.39 is 5.54 Å². The molecule has 0 saturated carbocycles. The number of carbonyl (C=O) groups is 1. The third-order valence-electron chi connectivity index (χ3n) is 4.33. The average Bonchev–Trinajstić information content (AvgIpc) is 2.83. The molecule has 0 aromatic rings. The predicted molar refractivity (Wildman–Crippen MR) is 84.4 cm³/mol. The monoisotopic (exact) mass is 300 g/mol. The van der Waals surface area contributed by atoms with E-state index in [-0.39, 0.29) is 12.0 Å². The van der Waals surface area contributed by atoms with Gasteiger partial charge in [0.15, 0.2) is 0 Å². The minimum atomic E-state index is -0.610. The lowest BCUT2D eigenvalue weighted by molar-refractivity contribution is -0.148. The number of hydrogen-bond acceptors (Lipinski definition) is 5. The average molecular weight is 300 g/mol. The van der Waals surface area contributed by atoms with Gasteiger partial charge >= 0.3 is 5.97 Å². The second-order valence-electron chi connectivity index (χ2n) is 6.64. The van der Waals surface area contributed by atoms with Crippen LogP contribution in [0, 0.1) is 0 Å². The zero-order valence-corrected chi connectivity index (χ0v) is 14.4. The Morgan fingerprint density at radius 2 is 2.19 bits per heavy atom. The van der Waals surface area contributed by atoms with Gasteiger partial charge in [0.2, 0.25) is 0 Å². The fourth-order valence-corrected chi connectivity index (χ4v) is 3.24. The number of rotatable bonds is 8. The molecule has 0 amide bonds. The lowest BCUT2D eigenvalue weighted by atomic mass is 9.94. The van der Waals surface area contributed by atoms with Crippen molar-refractivity contribution >= 4 is 5.97 Å². The van der Waals surface area contributed by atoms with Gasteiger partial charge in [0, 0.05) is 18.7 Å². The van der Waals surface area contributed by atoms with E-state index in [1.54, 1.807) is 0 Å². The van der Waals surface area contributed by atoms with Crippen LogP contribution in [0.5, 0.6) is 0 Å². The van der Waals surface area contributed by atoms with Crippen molar-refractivity contribution in [1.29, 1.82) is 0 Å². The van der Waals surface area contributed by atoms with Crippen LogP contribution in [0.2, 0.25) is 0 Å². The zero-order valence-electron chi connectivity index (χ0n) is 14.4. The fraction of sp³-hybridized carbons (Fsp3) is 0.938. The summed E-state index contributed by atoms with van der Waals surface area (Å²) in [7, 11) is 3.59. The second-order valence-corrected chi connectivity index (χ2v) is 6.64. The first-order chi connectivity index (χ1) is 9.80. The maximum absolute atomic E-state index is 12.0. The van der Waals surface area contributed by atoms with Gasteiger partial charge in [-0.3, -0.25) is 10.1 Å². The molecule has 0 aliphatic carbocycles. The maximum atomic E-state index is 12.0. The van der Waals surface area contributed by atoms with E-state index >= 15 is 0 Å². The molecule has 1 heterocycles. The van der Waals surface area contributed by atoms with E-state index in [0.717, 1.165) is 32.4 Å². The Hall–Kier alpha value is -0.650. The minimum absolute atomic E-state index is 0.184. The maximum Gasteiger partial charge on any atom is 0.325 e. The van der Waals surface area contributed by atoms with E-state index in [0.29, 0.717) is 12.1 Å². The molecule has 0 aromatic carbocycles. The van der Waals surface area contributed by atoms with Gasteiger partial charge in [-0.05, 0) is 60.5 Å². The molecule has 0 bridgehead atoms. The van der Waals surface area contributed by atoms with Crippen LogP contribution in [-0.4, -0.2) is 61.9 Å². The van der Waals surface area contributed by atoms with E-state index in [9.17, 15) is 4.79 Å². The van der Waals surface area contributed by atoms with Crippen LogP contribution in [0.1, 0.15) is 47.0 Å². The van der Waals surface area contributed by atoms with Crippen molar-refractivity contribution < 1.29 is 14.3 Å². The van der Waals surface area contributed by atoms with E-state index in [1.807, 2.05) is 20.8 Å². The van der Waals surface area contributed by atoms with Gasteiger partial charge in [0.05, 0.1) is 13.2 Å². The van der Waals surface area contributed by atoms with Crippen LogP contribution in [0.25, 0.3) is 0 Å². The normalized spacial score (nSPS) is 25.3. The molecule has 1 rings (SSSR count). The minimum Gasteiger partial charge on any atom is -0.468 e. The summed E-state index contributed by atoms with van der Waals surface area (Å²) < 4.78 is 10.6. The molecular weight excluding hydrogens is 268 g/mol. The van der Waals surface area contributed by atoms with Crippen LogP contribution >= 0.6 is 0 Å². The summed E-state index contributed by atoms with van der Waals surface area (Å²) in [5.41, 5.74) is -0.610. The van der Waals surface area contributed by atoms with Crippen molar-refractivity contribution in [3.05, 3.63) is 0 Å². The van der Waals surface area contributed by atoms with Gasteiger partial charge in [0.1, 0.15) is 5.54 Å². The van der Waals surface area contributed by atoms with Crippen LogP contribution < -0.4 is 5.32 Å². The molecule has 0 aromatic heterocycles. The molecule has 21 heavy (non-hydrogen) atoms. The zero-order chi connectivity index (χ0) is 16.0. The van der Waals surface area contributed by atoms with Gasteiger partial charge < -0.3 is 14.4 Å². The highest BCUT2D eigenvalue weighted by molar-refractivity contribution is 5.80. The third-order valence-corrected chi connectivity index (χ3v) is 4.33. The Morgan fingerprint density at radius 1 is 1.52 bits per heavy atom. The summed E-state index contributed by atoms with van der Waals surface area (Å²) in [6.07, 6.45) is 3.11. The van der Waals surface area contributed by atoms with E-state index in [1.165, 1.54) is 7.11 Å². The number of methoxy groups -OCH3 is 1. The van der Waals surface area contributed by atoms with Crippen molar-refractivity contribution in [1.82, 2.24) is 10.2 Å². The Balaban J connectivity index is 2.47. The van der Waals surface area contributed by atoms with E-state index in [2.05, 4.69) is 24.2 Å². The van der Waals surface area contributed by atoms with E-state index in [4.69, 9.17) is 9.47 Å². The number of carbonyl (C=O) groups excluding carboxylic acids is 1. The molecule has 5 heteroatoms. The molecule has 0 radical (unpaired) electrons. The van der Waals surface area contributed by atoms with Gasteiger partial charge in [0.25, 0.3) is 0 Å². The molecule has 1 aliphatic heterocycles. The summed E-state index contributed by atoms with van der Waals surface area (Å²) in [5, 5.41) is 3.34. The summed E-state index contributed by atoms with van der Waals surface area (Å²) in [4.78, 5) is 14.4. The molecule has 1 fully saturated rings. The number of likely N-dealkylation sites (N-methyl/N-ethyl adjacent to an activating group) is 1. The highest BCUT2D eigenvalue weighted by Crippen LogP contribution is 2.20. The molecule has 0 spiro atoms. The number of nitrogens with zero attached hydrogens (tertiary/aromatic N) is 1. The Bertz CT molecular complexity index is 335. The molecule has 5 nitrogen and oxygen atoms in total. The van der Waals surface area contributed by atoms with Gasteiger partial charge in [-0.15, -0.1) is 0 Å². The molecule has 124 valence electrons. The predicted octanol–water partition coefficient (Wildman–Crippen LogP) is 1.81. The van der Waals surface area contributed by atoms with Crippen molar-refractivity contribution in [2.24, 2.45) is 0 Å². The van der Waals surface area contributed by atoms with Crippen molar-refractivity contribution in [2.75, 3.05) is 27.3 Å². The lowest BCUT2D eigenvalue weighted by Gasteiger charge is -2.32. The summed E-state index contributed by atoms with van der Waals surface area (Å²) in [5.74, 6) is -0.184. The first-order valence-corrected chi connectivity index (χ1v) is 7.98. The Labute approximate surface area is 129 Å². The van der Waals surface area contributed by atoms with Crippen molar-refractivity contribution in [2.45, 2.75) is 70.7 Å².